The second-order valence-corrected chi connectivity index (χ2v) is 6.65. The number of hydrogen-bond donors (Lipinski definition) is 0. The van der Waals surface area contributed by atoms with Gasteiger partial charge in [0, 0.05) is 36.8 Å². The number of hydrogen-bond acceptors (Lipinski definition) is 3. The lowest BCUT2D eigenvalue weighted by molar-refractivity contribution is -0.137. The van der Waals surface area contributed by atoms with E-state index in [4.69, 9.17) is 0 Å². The Morgan fingerprint density at radius 3 is 2.68 bits per heavy atom. The number of carbonyl (C=O) groups excluding carboxylic acids is 2. The Labute approximate surface area is 160 Å². The van der Waals surface area contributed by atoms with Crippen LogP contribution in [-0.2, 0) is 11.0 Å². The molecule has 2 aromatic rings. The van der Waals surface area contributed by atoms with Crippen molar-refractivity contribution in [2.45, 2.75) is 19.0 Å². The summed E-state index contributed by atoms with van der Waals surface area (Å²) in [5.74, 6) is -1.12. The van der Waals surface area contributed by atoms with Crippen molar-refractivity contribution in [3.63, 3.8) is 0 Å². The van der Waals surface area contributed by atoms with Crippen molar-refractivity contribution in [1.82, 2.24) is 9.88 Å². The minimum absolute atomic E-state index is 0.0261. The fraction of sp³-hybridized carbons (Fsp3) is 0.286. The van der Waals surface area contributed by atoms with Gasteiger partial charge in [0.2, 0.25) is 5.91 Å². The van der Waals surface area contributed by atoms with Crippen LogP contribution in [0.5, 0.6) is 0 Å². The molecule has 3 rings (SSSR count). The van der Waals surface area contributed by atoms with E-state index in [1.807, 2.05) is 6.07 Å². The van der Waals surface area contributed by atoms with Crippen molar-refractivity contribution in [2.75, 3.05) is 13.1 Å². The molecule has 0 N–H and O–H groups in total. The fourth-order valence-corrected chi connectivity index (χ4v) is 3.21. The molecule has 1 atom stereocenters. The van der Waals surface area contributed by atoms with Gasteiger partial charge in [-0.15, -0.1) is 0 Å². The number of nitrogens with zero attached hydrogens (tertiary/aromatic N) is 2. The molecular weight excluding hydrogens is 369 g/mol. The first kappa shape index (κ1) is 19.8. The molecule has 1 aromatic carbocycles. The topological polar surface area (TPSA) is 50.3 Å². The maximum absolute atomic E-state index is 12.9. The number of alkyl halides is 3. The molecule has 1 aliphatic heterocycles. The summed E-state index contributed by atoms with van der Waals surface area (Å²) in [5.41, 5.74) is -0.178. The number of ketones is 1. The van der Waals surface area contributed by atoms with Crippen LogP contribution in [-0.4, -0.2) is 34.7 Å². The zero-order valence-electron chi connectivity index (χ0n) is 15.0. The molecule has 0 aliphatic carbocycles. The lowest BCUT2D eigenvalue weighted by Crippen LogP contribution is -2.41. The molecule has 4 nitrogen and oxygen atoms in total. The van der Waals surface area contributed by atoms with Crippen molar-refractivity contribution in [3.05, 3.63) is 71.6 Å². The molecule has 0 unspecified atom stereocenters. The van der Waals surface area contributed by atoms with Gasteiger partial charge in [0.15, 0.2) is 5.78 Å². The third-order valence-electron chi connectivity index (χ3n) is 4.66. The van der Waals surface area contributed by atoms with E-state index in [1.165, 1.54) is 18.2 Å². The minimum Gasteiger partial charge on any atom is -0.338 e. The molecule has 1 saturated heterocycles. The average Bonchev–Trinajstić information content (AvgIpc) is 2.72. The number of carbonyl (C=O) groups is 2. The maximum atomic E-state index is 12.9. The van der Waals surface area contributed by atoms with Gasteiger partial charge >= 0.3 is 6.18 Å². The molecular formula is C21H19F3N2O2. The van der Waals surface area contributed by atoms with E-state index in [1.54, 1.807) is 29.3 Å². The summed E-state index contributed by atoms with van der Waals surface area (Å²) < 4.78 is 38.7. The zero-order chi connectivity index (χ0) is 20.1. The lowest BCUT2D eigenvalue weighted by Gasteiger charge is -2.31. The smallest absolute Gasteiger partial charge is 0.338 e. The number of pyridine rings is 1. The highest BCUT2D eigenvalue weighted by Crippen LogP contribution is 2.30. The standard InChI is InChI=1S/C21H19F3N2O2/c22-21(23,24)17-7-3-5-15(13-17)20(28)16-6-4-12-26(14-16)19(27)10-9-18-8-1-2-11-25-18/h1-3,5,7-11,13,16H,4,6,12,14H2/b10-9+/t16-/m1/s1. The third kappa shape index (κ3) is 4.85. The number of rotatable bonds is 4. The first-order valence-electron chi connectivity index (χ1n) is 8.94. The van der Waals surface area contributed by atoms with Gasteiger partial charge < -0.3 is 4.90 Å². The number of aromatic nitrogens is 1. The number of benzene rings is 1. The summed E-state index contributed by atoms with van der Waals surface area (Å²) in [7, 11) is 0. The highest BCUT2D eigenvalue weighted by atomic mass is 19.4. The van der Waals surface area contributed by atoms with Crippen LogP contribution in [0.1, 0.15) is 34.5 Å². The molecule has 1 aromatic heterocycles. The molecule has 7 heteroatoms. The molecule has 0 radical (unpaired) electrons. The van der Waals surface area contributed by atoms with Crippen LogP contribution in [0.25, 0.3) is 6.08 Å². The van der Waals surface area contributed by atoms with Crippen LogP contribution in [0.4, 0.5) is 13.2 Å². The van der Waals surface area contributed by atoms with E-state index < -0.39 is 17.7 Å². The summed E-state index contributed by atoms with van der Waals surface area (Å²) in [6, 6.07) is 9.78. The summed E-state index contributed by atoms with van der Waals surface area (Å²) in [6.07, 6.45) is 1.29. The van der Waals surface area contributed by atoms with E-state index in [0.29, 0.717) is 25.1 Å². The van der Waals surface area contributed by atoms with Crippen LogP contribution >= 0.6 is 0 Å². The van der Waals surface area contributed by atoms with Gasteiger partial charge in [-0.05, 0) is 43.2 Å². The van der Waals surface area contributed by atoms with Crippen molar-refractivity contribution in [1.29, 1.82) is 0 Å². The monoisotopic (exact) mass is 388 g/mol. The summed E-state index contributed by atoms with van der Waals surface area (Å²) in [4.78, 5) is 30.8. The molecule has 28 heavy (non-hydrogen) atoms. The van der Waals surface area contributed by atoms with Crippen molar-refractivity contribution in [2.24, 2.45) is 5.92 Å². The Bertz CT molecular complexity index is 879. The largest absolute Gasteiger partial charge is 0.416 e. The normalized spacial score (nSPS) is 17.7. The molecule has 1 amide bonds. The first-order valence-corrected chi connectivity index (χ1v) is 8.94. The first-order chi connectivity index (χ1) is 13.3. The zero-order valence-corrected chi connectivity index (χ0v) is 15.0. The van der Waals surface area contributed by atoms with Crippen molar-refractivity contribution in [3.8, 4) is 0 Å². The number of halogens is 3. The number of Topliss-reactive ketones (excluding diaryl/α,β-unsaturated/α-hetero) is 1. The molecule has 146 valence electrons. The Hall–Kier alpha value is -2.96. The quantitative estimate of drug-likeness (QED) is 0.582. The summed E-state index contributed by atoms with van der Waals surface area (Å²) in [6.45, 7) is 0.707. The number of piperidine rings is 1. The summed E-state index contributed by atoms with van der Waals surface area (Å²) in [5, 5.41) is 0. The van der Waals surface area contributed by atoms with E-state index in [-0.39, 0.29) is 23.8 Å². The van der Waals surface area contributed by atoms with Gasteiger partial charge in [0.25, 0.3) is 0 Å². The van der Waals surface area contributed by atoms with Gasteiger partial charge in [0.1, 0.15) is 0 Å². The lowest BCUT2D eigenvalue weighted by atomic mass is 9.89. The predicted molar refractivity (Wildman–Crippen MR) is 98.3 cm³/mol. The Kier molecular flexibility index (Phi) is 5.92. The van der Waals surface area contributed by atoms with Crippen LogP contribution in [0.15, 0.2) is 54.7 Å². The van der Waals surface area contributed by atoms with E-state index >= 15 is 0 Å². The van der Waals surface area contributed by atoms with Crippen molar-refractivity contribution >= 4 is 17.8 Å². The molecule has 0 bridgehead atoms. The van der Waals surface area contributed by atoms with Crippen LogP contribution in [0.2, 0.25) is 0 Å². The highest BCUT2D eigenvalue weighted by molar-refractivity contribution is 5.99. The Morgan fingerprint density at radius 2 is 1.96 bits per heavy atom. The van der Waals surface area contributed by atoms with Gasteiger partial charge in [-0.25, -0.2) is 0 Å². The van der Waals surface area contributed by atoms with E-state index in [0.717, 1.165) is 12.1 Å². The second-order valence-electron chi connectivity index (χ2n) is 6.65. The maximum Gasteiger partial charge on any atom is 0.416 e. The average molecular weight is 388 g/mol. The van der Waals surface area contributed by atoms with Gasteiger partial charge in [-0.1, -0.05) is 18.2 Å². The number of amides is 1. The predicted octanol–water partition coefficient (Wildman–Crippen LogP) is 4.24. The molecule has 0 saturated carbocycles. The van der Waals surface area contributed by atoms with Gasteiger partial charge in [-0.3, -0.25) is 14.6 Å². The Morgan fingerprint density at radius 1 is 1.14 bits per heavy atom. The van der Waals surface area contributed by atoms with E-state index in [2.05, 4.69) is 4.98 Å². The van der Waals surface area contributed by atoms with Crippen molar-refractivity contribution < 1.29 is 22.8 Å². The van der Waals surface area contributed by atoms with Crippen LogP contribution in [0, 0.1) is 5.92 Å². The Balaban J connectivity index is 1.68. The third-order valence-corrected chi connectivity index (χ3v) is 4.66. The minimum atomic E-state index is -4.50. The number of likely N-dealkylation sites (tertiary alicyclic amines) is 1. The van der Waals surface area contributed by atoms with Gasteiger partial charge in [-0.2, -0.15) is 13.2 Å². The molecule has 2 heterocycles. The molecule has 0 spiro atoms. The van der Waals surface area contributed by atoms with Crippen LogP contribution in [0.3, 0.4) is 0 Å². The van der Waals surface area contributed by atoms with Gasteiger partial charge in [0.05, 0.1) is 11.3 Å². The molecule has 1 aliphatic rings. The SMILES string of the molecule is O=C(c1cccc(C(F)(F)F)c1)[C@@H]1CCCN(C(=O)/C=C/c2ccccn2)C1. The fourth-order valence-electron chi connectivity index (χ4n) is 3.21. The molecule has 1 fully saturated rings. The highest BCUT2D eigenvalue weighted by Gasteiger charge is 2.33. The van der Waals surface area contributed by atoms with Crippen LogP contribution < -0.4 is 0 Å². The van der Waals surface area contributed by atoms with E-state index in [9.17, 15) is 22.8 Å². The summed E-state index contributed by atoms with van der Waals surface area (Å²) >= 11 is 0. The second kappa shape index (κ2) is 8.37.